The van der Waals surface area contributed by atoms with Crippen LogP contribution in [0.5, 0.6) is 0 Å². The van der Waals surface area contributed by atoms with Crippen LogP contribution >= 0.6 is 11.6 Å². The van der Waals surface area contributed by atoms with Gasteiger partial charge in [0.15, 0.2) is 0 Å². The van der Waals surface area contributed by atoms with E-state index in [1.54, 1.807) is 62.4 Å². The maximum absolute atomic E-state index is 12.9. The second kappa shape index (κ2) is 11.7. The summed E-state index contributed by atoms with van der Waals surface area (Å²) < 4.78 is 5.16. The molecule has 194 valence electrons. The first-order chi connectivity index (χ1) is 18.2. The van der Waals surface area contributed by atoms with Crippen LogP contribution in [0.2, 0.25) is 0 Å². The molecule has 0 atom stereocenters. The van der Waals surface area contributed by atoms with Crippen LogP contribution in [0.1, 0.15) is 40.1 Å². The van der Waals surface area contributed by atoms with E-state index in [-0.39, 0.29) is 23.4 Å². The molecule has 1 heterocycles. The van der Waals surface area contributed by atoms with Gasteiger partial charge in [0.2, 0.25) is 0 Å². The molecular weight excluding hydrogens is 506 g/mol. The normalized spacial score (nSPS) is 13.2. The van der Waals surface area contributed by atoms with E-state index in [0.29, 0.717) is 28.9 Å². The van der Waals surface area contributed by atoms with Gasteiger partial charge in [-0.25, -0.2) is 4.79 Å². The van der Waals surface area contributed by atoms with E-state index in [4.69, 9.17) is 16.3 Å². The molecule has 0 aromatic heterocycles. The van der Waals surface area contributed by atoms with E-state index < -0.39 is 23.7 Å². The summed E-state index contributed by atoms with van der Waals surface area (Å²) in [4.78, 5) is 51.5. The third kappa shape index (κ3) is 6.27. The van der Waals surface area contributed by atoms with Crippen molar-refractivity contribution < 1.29 is 23.9 Å². The number of hydrogen-bond acceptors (Lipinski definition) is 6. The van der Waals surface area contributed by atoms with Crippen molar-refractivity contribution in [1.82, 2.24) is 4.90 Å². The summed E-state index contributed by atoms with van der Waals surface area (Å²) in [5.74, 6) is -1.93. The predicted molar refractivity (Wildman–Crippen MR) is 145 cm³/mol. The Morgan fingerprint density at radius 1 is 0.868 bits per heavy atom. The van der Waals surface area contributed by atoms with E-state index in [1.165, 1.54) is 0 Å². The van der Waals surface area contributed by atoms with Crippen LogP contribution < -0.4 is 10.6 Å². The zero-order valence-electron chi connectivity index (χ0n) is 20.9. The third-order valence-electron chi connectivity index (χ3n) is 5.69. The number of ether oxygens (including phenoxy) is 1. The fourth-order valence-electron chi connectivity index (χ4n) is 3.80. The molecule has 0 saturated heterocycles. The van der Waals surface area contributed by atoms with Gasteiger partial charge in [0.25, 0.3) is 17.7 Å². The second-order valence-corrected chi connectivity index (χ2v) is 9.26. The molecule has 38 heavy (non-hydrogen) atoms. The van der Waals surface area contributed by atoms with Crippen molar-refractivity contribution in [2.75, 3.05) is 17.2 Å². The molecule has 0 fully saturated rings. The van der Waals surface area contributed by atoms with Crippen molar-refractivity contribution >= 4 is 46.7 Å². The van der Waals surface area contributed by atoms with Gasteiger partial charge in [-0.05, 0) is 68.3 Å². The Bertz CT molecular complexity index is 1400. The molecule has 1 aliphatic heterocycles. The van der Waals surface area contributed by atoms with Crippen LogP contribution in [0, 0.1) is 0 Å². The SMILES string of the molecule is CC(C)OC(=O)c1ccc(NC(=O)c2cccc(NC3=C(Cl)C(=O)N(CCc4ccccc4)C3=O)c2)cc1. The zero-order valence-corrected chi connectivity index (χ0v) is 21.6. The average molecular weight is 532 g/mol. The van der Waals surface area contributed by atoms with Gasteiger partial charge in [0, 0.05) is 23.5 Å². The number of anilines is 2. The number of hydrogen-bond donors (Lipinski definition) is 2. The molecule has 3 amide bonds. The molecule has 3 aromatic carbocycles. The quantitative estimate of drug-likeness (QED) is 0.298. The van der Waals surface area contributed by atoms with Gasteiger partial charge in [-0.15, -0.1) is 0 Å². The van der Waals surface area contributed by atoms with Crippen molar-refractivity contribution in [2.45, 2.75) is 26.4 Å². The van der Waals surface area contributed by atoms with Crippen LogP contribution in [-0.2, 0) is 20.7 Å². The van der Waals surface area contributed by atoms with Crippen LogP contribution in [0.3, 0.4) is 0 Å². The van der Waals surface area contributed by atoms with Crippen molar-refractivity contribution in [3.63, 3.8) is 0 Å². The highest BCUT2D eigenvalue weighted by Crippen LogP contribution is 2.26. The van der Waals surface area contributed by atoms with Crippen LogP contribution in [0.4, 0.5) is 11.4 Å². The average Bonchev–Trinajstić information content (AvgIpc) is 3.10. The molecule has 0 saturated carbocycles. The van der Waals surface area contributed by atoms with Gasteiger partial charge in [0.1, 0.15) is 10.7 Å². The second-order valence-electron chi connectivity index (χ2n) is 8.88. The highest BCUT2D eigenvalue weighted by molar-refractivity contribution is 6.48. The third-order valence-corrected chi connectivity index (χ3v) is 6.04. The summed E-state index contributed by atoms with van der Waals surface area (Å²) >= 11 is 6.22. The van der Waals surface area contributed by atoms with Crippen molar-refractivity contribution in [2.24, 2.45) is 0 Å². The van der Waals surface area contributed by atoms with Crippen LogP contribution in [-0.4, -0.2) is 41.2 Å². The van der Waals surface area contributed by atoms with Crippen LogP contribution in [0.25, 0.3) is 0 Å². The number of esters is 1. The molecule has 0 bridgehead atoms. The first-order valence-corrected chi connectivity index (χ1v) is 12.4. The fourth-order valence-corrected chi connectivity index (χ4v) is 4.03. The smallest absolute Gasteiger partial charge is 0.338 e. The Hall–Kier alpha value is -4.43. The monoisotopic (exact) mass is 531 g/mol. The molecule has 0 aliphatic carbocycles. The number of nitrogens with one attached hydrogen (secondary N) is 2. The van der Waals surface area contributed by atoms with Gasteiger partial charge in [-0.3, -0.25) is 19.3 Å². The molecule has 4 rings (SSSR count). The Morgan fingerprint density at radius 3 is 2.26 bits per heavy atom. The number of amides is 3. The van der Waals surface area contributed by atoms with Gasteiger partial charge < -0.3 is 15.4 Å². The topological polar surface area (TPSA) is 105 Å². The molecule has 3 aromatic rings. The Balaban J connectivity index is 1.40. The summed E-state index contributed by atoms with van der Waals surface area (Å²) in [6, 6.07) is 22.3. The van der Waals surface area contributed by atoms with Crippen molar-refractivity contribution in [3.8, 4) is 0 Å². The standard InChI is InChI=1S/C29H26ClN3O5/c1-18(2)38-29(37)20-11-13-22(14-12-20)32-26(34)21-9-6-10-23(17-21)31-25-24(30)27(35)33(28(25)36)16-15-19-7-4-3-5-8-19/h3-14,17-18,31H,15-16H2,1-2H3,(H,32,34). The molecule has 0 spiro atoms. The number of nitrogens with zero attached hydrogens (tertiary/aromatic N) is 1. The Morgan fingerprint density at radius 2 is 1.58 bits per heavy atom. The molecule has 2 N–H and O–H groups in total. The number of carbonyl (C=O) groups excluding carboxylic acids is 4. The molecule has 0 radical (unpaired) electrons. The van der Waals surface area contributed by atoms with Crippen molar-refractivity contribution in [3.05, 3.63) is 106 Å². The minimum atomic E-state index is -0.565. The molecule has 8 nitrogen and oxygen atoms in total. The highest BCUT2D eigenvalue weighted by atomic mass is 35.5. The lowest BCUT2D eigenvalue weighted by molar-refractivity contribution is -0.137. The first-order valence-electron chi connectivity index (χ1n) is 12.0. The van der Waals surface area contributed by atoms with E-state index >= 15 is 0 Å². The fraction of sp³-hybridized carbons (Fsp3) is 0.172. The summed E-state index contributed by atoms with van der Waals surface area (Å²) in [7, 11) is 0. The molecule has 0 unspecified atom stereocenters. The van der Waals surface area contributed by atoms with Crippen molar-refractivity contribution in [1.29, 1.82) is 0 Å². The number of imide groups is 1. The predicted octanol–water partition coefficient (Wildman–Crippen LogP) is 4.98. The van der Waals surface area contributed by atoms with E-state index in [2.05, 4.69) is 10.6 Å². The summed E-state index contributed by atoms with van der Waals surface area (Å²) in [6.07, 6.45) is 0.272. The number of benzene rings is 3. The minimum absolute atomic E-state index is 0.0360. The Labute approximate surface area is 225 Å². The maximum Gasteiger partial charge on any atom is 0.338 e. The molecule has 1 aliphatic rings. The Kier molecular flexibility index (Phi) is 8.23. The first kappa shape index (κ1) is 26.6. The highest BCUT2D eigenvalue weighted by Gasteiger charge is 2.37. The number of rotatable bonds is 9. The van der Waals surface area contributed by atoms with Gasteiger partial charge >= 0.3 is 5.97 Å². The van der Waals surface area contributed by atoms with Crippen LogP contribution in [0.15, 0.2) is 89.6 Å². The number of halogens is 1. The van der Waals surface area contributed by atoms with Gasteiger partial charge in [0.05, 0.1) is 11.7 Å². The summed E-state index contributed by atoms with van der Waals surface area (Å²) in [5, 5.41) is 5.46. The van der Waals surface area contributed by atoms with E-state index in [0.717, 1.165) is 10.5 Å². The lowest BCUT2D eigenvalue weighted by Gasteiger charge is -2.15. The van der Waals surface area contributed by atoms with E-state index in [9.17, 15) is 19.2 Å². The minimum Gasteiger partial charge on any atom is -0.459 e. The van der Waals surface area contributed by atoms with Gasteiger partial charge in [-0.2, -0.15) is 0 Å². The maximum atomic E-state index is 12.9. The molecular formula is C29H26ClN3O5. The summed E-state index contributed by atoms with van der Waals surface area (Å²) in [5.41, 5.74) is 2.56. The largest absolute Gasteiger partial charge is 0.459 e. The van der Waals surface area contributed by atoms with Gasteiger partial charge in [-0.1, -0.05) is 48.0 Å². The summed E-state index contributed by atoms with van der Waals surface area (Å²) in [6.45, 7) is 3.73. The van der Waals surface area contributed by atoms with E-state index in [1.807, 2.05) is 30.3 Å². The number of carbonyl (C=O) groups is 4. The zero-order chi connectivity index (χ0) is 27.2. The lowest BCUT2D eigenvalue weighted by atomic mass is 10.1. The molecule has 9 heteroatoms. The lowest BCUT2D eigenvalue weighted by Crippen LogP contribution is -2.34.